The minimum Gasteiger partial charge on any atom is -0.463 e. The predicted octanol–water partition coefficient (Wildman–Crippen LogP) is 4.26. The molecule has 5 heteroatoms. The highest BCUT2D eigenvalue weighted by molar-refractivity contribution is 6.30. The van der Waals surface area contributed by atoms with E-state index in [-0.39, 0.29) is 6.01 Å². The summed E-state index contributed by atoms with van der Waals surface area (Å²) in [5.41, 5.74) is 3.31. The van der Waals surface area contributed by atoms with Gasteiger partial charge in [-0.2, -0.15) is 4.98 Å². The van der Waals surface area contributed by atoms with Gasteiger partial charge in [0.2, 0.25) is 0 Å². The lowest BCUT2D eigenvalue weighted by Gasteiger charge is -2.09. The zero-order valence-corrected chi connectivity index (χ0v) is 12.8. The number of halogens is 1. The summed E-state index contributed by atoms with van der Waals surface area (Å²) in [5.74, 6) is 0. The lowest BCUT2D eigenvalue weighted by molar-refractivity contribution is 0.308. The molecule has 22 heavy (non-hydrogen) atoms. The fraction of sp³-hybridized carbons (Fsp3) is 0.118. The first-order valence-electron chi connectivity index (χ1n) is 6.97. The Labute approximate surface area is 133 Å². The molecule has 3 aromatic rings. The maximum Gasteiger partial charge on any atom is 0.336 e. The van der Waals surface area contributed by atoms with E-state index in [2.05, 4.69) is 15.2 Å². The van der Waals surface area contributed by atoms with Crippen LogP contribution in [0.2, 0.25) is 5.02 Å². The summed E-state index contributed by atoms with van der Waals surface area (Å²) < 4.78 is 5.37. The Morgan fingerprint density at radius 3 is 2.23 bits per heavy atom. The summed E-state index contributed by atoms with van der Waals surface area (Å²) in [6, 6.07) is 17.6. The van der Waals surface area contributed by atoms with Crippen LogP contribution in [-0.4, -0.2) is 21.8 Å². The number of ether oxygens (including phenoxy) is 1. The first-order valence-corrected chi connectivity index (χ1v) is 7.34. The number of benzene rings is 2. The summed E-state index contributed by atoms with van der Waals surface area (Å²) in [5, 5.41) is 9.01. The topological polar surface area (TPSA) is 47.9 Å². The van der Waals surface area contributed by atoms with Gasteiger partial charge in [-0.05, 0) is 19.1 Å². The zero-order valence-electron chi connectivity index (χ0n) is 12.0. The Balaban J connectivity index is 2.15. The normalized spacial score (nSPS) is 10.5. The van der Waals surface area contributed by atoms with Gasteiger partial charge in [-0.15, -0.1) is 5.10 Å². The minimum atomic E-state index is 0.270. The molecule has 3 rings (SSSR count). The molecular formula is C17H14ClN3O. The van der Waals surface area contributed by atoms with Crippen LogP contribution >= 0.6 is 11.6 Å². The molecule has 0 aliphatic rings. The van der Waals surface area contributed by atoms with Crippen molar-refractivity contribution in [3.63, 3.8) is 0 Å². The first-order chi connectivity index (χ1) is 10.8. The minimum absolute atomic E-state index is 0.270. The quantitative estimate of drug-likeness (QED) is 0.722. The fourth-order valence-corrected chi connectivity index (χ4v) is 2.23. The summed E-state index contributed by atoms with van der Waals surface area (Å²) in [4.78, 5) is 4.50. The molecule has 0 bridgehead atoms. The van der Waals surface area contributed by atoms with Gasteiger partial charge in [0, 0.05) is 16.1 Å². The summed E-state index contributed by atoms with van der Waals surface area (Å²) >= 11 is 5.96. The highest BCUT2D eigenvalue weighted by Gasteiger charge is 2.13. The van der Waals surface area contributed by atoms with Crippen LogP contribution in [0.4, 0.5) is 0 Å². The molecule has 110 valence electrons. The molecule has 0 saturated carbocycles. The van der Waals surface area contributed by atoms with E-state index in [1.165, 1.54) is 0 Å². The molecule has 4 nitrogen and oxygen atoms in total. The van der Waals surface area contributed by atoms with Crippen LogP contribution in [0.5, 0.6) is 6.01 Å². The van der Waals surface area contributed by atoms with E-state index in [4.69, 9.17) is 16.3 Å². The van der Waals surface area contributed by atoms with Gasteiger partial charge in [0.1, 0.15) is 11.4 Å². The average Bonchev–Trinajstić information content (AvgIpc) is 2.57. The van der Waals surface area contributed by atoms with Crippen molar-refractivity contribution in [3.05, 3.63) is 59.6 Å². The third-order valence-corrected chi connectivity index (χ3v) is 3.36. The van der Waals surface area contributed by atoms with Crippen LogP contribution in [-0.2, 0) is 0 Å². The first kappa shape index (κ1) is 14.5. The van der Waals surface area contributed by atoms with E-state index in [0.717, 1.165) is 16.8 Å². The van der Waals surface area contributed by atoms with Crippen molar-refractivity contribution in [1.29, 1.82) is 0 Å². The molecule has 0 amide bonds. The van der Waals surface area contributed by atoms with E-state index in [1.807, 2.05) is 61.5 Å². The van der Waals surface area contributed by atoms with Gasteiger partial charge in [0.15, 0.2) is 0 Å². The monoisotopic (exact) mass is 311 g/mol. The summed E-state index contributed by atoms with van der Waals surface area (Å²) in [7, 11) is 0. The average molecular weight is 312 g/mol. The zero-order chi connectivity index (χ0) is 15.4. The molecule has 1 heterocycles. The molecule has 0 N–H and O–H groups in total. The maximum absolute atomic E-state index is 5.96. The van der Waals surface area contributed by atoms with Crippen LogP contribution in [0.1, 0.15) is 6.92 Å². The number of aromatic nitrogens is 3. The summed E-state index contributed by atoms with van der Waals surface area (Å²) in [6.07, 6.45) is 0. The molecule has 0 radical (unpaired) electrons. The Morgan fingerprint density at radius 1 is 0.864 bits per heavy atom. The van der Waals surface area contributed by atoms with Crippen molar-refractivity contribution in [2.24, 2.45) is 0 Å². The number of nitrogens with zero attached hydrogens (tertiary/aromatic N) is 3. The molecule has 0 aliphatic carbocycles. The molecule has 0 aliphatic heterocycles. The molecule has 0 unspecified atom stereocenters. The Hall–Kier alpha value is -2.46. The largest absolute Gasteiger partial charge is 0.463 e. The SMILES string of the molecule is CCOc1nnc(-c2ccccc2)c(-c2ccc(Cl)cc2)n1. The molecule has 0 spiro atoms. The van der Waals surface area contributed by atoms with Crippen molar-refractivity contribution >= 4 is 11.6 Å². The number of rotatable bonds is 4. The molecule has 2 aromatic carbocycles. The maximum atomic E-state index is 5.96. The van der Waals surface area contributed by atoms with E-state index in [1.54, 1.807) is 0 Å². The molecule has 0 fully saturated rings. The molecule has 1 aromatic heterocycles. The Kier molecular flexibility index (Phi) is 4.30. The lowest BCUT2D eigenvalue weighted by atomic mass is 10.0. The van der Waals surface area contributed by atoms with E-state index >= 15 is 0 Å². The van der Waals surface area contributed by atoms with E-state index in [0.29, 0.717) is 17.3 Å². The van der Waals surface area contributed by atoms with Gasteiger partial charge in [-0.3, -0.25) is 0 Å². The Bertz CT molecular complexity index is 761. The van der Waals surface area contributed by atoms with Crippen molar-refractivity contribution in [1.82, 2.24) is 15.2 Å². The second-order valence-corrected chi connectivity index (χ2v) is 5.03. The smallest absolute Gasteiger partial charge is 0.336 e. The highest BCUT2D eigenvalue weighted by Crippen LogP contribution is 2.29. The Morgan fingerprint density at radius 2 is 1.55 bits per heavy atom. The number of hydrogen-bond donors (Lipinski definition) is 0. The van der Waals surface area contributed by atoms with Crippen LogP contribution in [0.25, 0.3) is 22.5 Å². The molecule has 0 saturated heterocycles. The van der Waals surface area contributed by atoms with Gasteiger partial charge < -0.3 is 4.74 Å². The lowest BCUT2D eigenvalue weighted by Crippen LogP contribution is -2.03. The highest BCUT2D eigenvalue weighted by atomic mass is 35.5. The van der Waals surface area contributed by atoms with Crippen molar-refractivity contribution in [2.45, 2.75) is 6.92 Å². The fourth-order valence-electron chi connectivity index (χ4n) is 2.10. The van der Waals surface area contributed by atoms with Crippen molar-refractivity contribution in [2.75, 3.05) is 6.61 Å². The van der Waals surface area contributed by atoms with Crippen LogP contribution in [0.3, 0.4) is 0 Å². The van der Waals surface area contributed by atoms with Crippen LogP contribution in [0, 0.1) is 0 Å². The van der Waals surface area contributed by atoms with E-state index < -0.39 is 0 Å². The second-order valence-electron chi connectivity index (χ2n) is 4.60. The van der Waals surface area contributed by atoms with Crippen LogP contribution < -0.4 is 4.74 Å². The van der Waals surface area contributed by atoms with Crippen molar-refractivity contribution in [3.8, 4) is 28.5 Å². The second kappa shape index (κ2) is 6.54. The van der Waals surface area contributed by atoms with Gasteiger partial charge in [0.05, 0.1) is 6.61 Å². The van der Waals surface area contributed by atoms with E-state index in [9.17, 15) is 0 Å². The van der Waals surface area contributed by atoms with Gasteiger partial charge in [-0.25, -0.2) is 0 Å². The standard InChI is InChI=1S/C17H14ClN3O/c1-2-22-17-19-15(13-8-10-14(18)11-9-13)16(20-21-17)12-6-4-3-5-7-12/h3-11H,2H2,1H3. The third-order valence-electron chi connectivity index (χ3n) is 3.11. The predicted molar refractivity (Wildman–Crippen MR) is 86.9 cm³/mol. The molecule has 0 atom stereocenters. The van der Waals surface area contributed by atoms with Gasteiger partial charge >= 0.3 is 6.01 Å². The van der Waals surface area contributed by atoms with Gasteiger partial charge in [0.25, 0.3) is 0 Å². The molecular weight excluding hydrogens is 298 g/mol. The third kappa shape index (κ3) is 3.07. The van der Waals surface area contributed by atoms with Crippen molar-refractivity contribution < 1.29 is 4.74 Å². The van der Waals surface area contributed by atoms with Gasteiger partial charge in [-0.1, -0.05) is 59.2 Å². The van der Waals surface area contributed by atoms with Crippen LogP contribution in [0.15, 0.2) is 54.6 Å². The number of hydrogen-bond acceptors (Lipinski definition) is 4. The summed E-state index contributed by atoms with van der Waals surface area (Å²) in [6.45, 7) is 2.38.